The monoisotopic (exact) mass is 275 g/mol. The van der Waals surface area contributed by atoms with Crippen LogP contribution in [0.4, 0.5) is 0 Å². The summed E-state index contributed by atoms with van der Waals surface area (Å²) in [6, 6.07) is 5.34. The molecular formula is C15H21N3O2. The van der Waals surface area contributed by atoms with Crippen LogP contribution < -0.4 is 0 Å². The van der Waals surface area contributed by atoms with Crippen molar-refractivity contribution < 1.29 is 9.59 Å². The molecule has 1 saturated heterocycles. The maximum atomic E-state index is 12.4. The quantitative estimate of drug-likeness (QED) is 0.820. The van der Waals surface area contributed by atoms with Gasteiger partial charge in [0.15, 0.2) is 0 Å². The summed E-state index contributed by atoms with van der Waals surface area (Å²) in [6.07, 6.45) is 1.62. The standard InChI is InChI=1S/C15H21N3O2/c1-11(2)14(19)17-8-9-18(12(3)10-17)15(20)13-6-4-5-7-16-13/h4-7,11-12H,8-10H2,1-3H3. The molecule has 0 radical (unpaired) electrons. The third-order valence-corrected chi connectivity index (χ3v) is 3.58. The van der Waals surface area contributed by atoms with Gasteiger partial charge in [-0.15, -0.1) is 0 Å². The van der Waals surface area contributed by atoms with Crippen LogP contribution in [0.5, 0.6) is 0 Å². The van der Waals surface area contributed by atoms with E-state index in [-0.39, 0.29) is 23.8 Å². The van der Waals surface area contributed by atoms with Crippen LogP contribution in [0.15, 0.2) is 24.4 Å². The van der Waals surface area contributed by atoms with E-state index >= 15 is 0 Å². The number of pyridine rings is 1. The fourth-order valence-corrected chi connectivity index (χ4v) is 2.46. The Morgan fingerprint density at radius 3 is 2.60 bits per heavy atom. The van der Waals surface area contributed by atoms with Crippen molar-refractivity contribution >= 4 is 11.8 Å². The van der Waals surface area contributed by atoms with Crippen LogP contribution in [0.1, 0.15) is 31.3 Å². The van der Waals surface area contributed by atoms with Gasteiger partial charge in [-0.2, -0.15) is 0 Å². The van der Waals surface area contributed by atoms with Gasteiger partial charge in [0.2, 0.25) is 5.91 Å². The molecule has 1 atom stereocenters. The Balaban J connectivity index is 2.04. The molecule has 1 aliphatic rings. The number of carbonyl (C=O) groups excluding carboxylic acids is 2. The van der Waals surface area contributed by atoms with E-state index in [1.807, 2.05) is 31.7 Å². The van der Waals surface area contributed by atoms with Crippen LogP contribution in [-0.2, 0) is 4.79 Å². The Kier molecular flexibility index (Phi) is 4.37. The van der Waals surface area contributed by atoms with Crippen molar-refractivity contribution in [3.05, 3.63) is 30.1 Å². The average Bonchev–Trinajstić information content (AvgIpc) is 2.46. The minimum Gasteiger partial charge on any atom is -0.339 e. The smallest absolute Gasteiger partial charge is 0.272 e. The lowest BCUT2D eigenvalue weighted by atomic mass is 10.1. The largest absolute Gasteiger partial charge is 0.339 e. The summed E-state index contributed by atoms with van der Waals surface area (Å²) in [5.41, 5.74) is 0.461. The van der Waals surface area contributed by atoms with Crippen molar-refractivity contribution in [2.75, 3.05) is 19.6 Å². The first-order valence-electron chi connectivity index (χ1n) is 7.01. The fraction of sp³-hybridized carbons (Fsp3) is 0.533. The summed E-state index contributed by atoms with van der Waals surface area (Å²) < 4.78 is 0. The number of carbonyl (C=O) groups is 2. The summed E-state index contributed by atoms with van der Waals surface area (Å²) in [4.78, 5) is 32.1. The topological polar surface area (TPSA) is 53.5 Å². The minimum atomic E-state index is -0.0604. The Morgan fingerprint density at radius 1 is 1.30 bits per heavy atom. The number of amides is 2. The van der Waals surface area contributed by atoms with Crippen molar-refractivity contribution in [1.82, 2.24) is 14.8 Å². The van der Waals surface area contributed by atoms with E-state index in [1.54, 1.807) is 23.2 Å². The molecule has 0 saturated carbocycles. The highest BCUT2D eigenvalue weighted by Crippen LogP contribution is 2.14. The van der Waals surface area contributed by atoms with Crippen LogP contribution in [0.25, 0.3) is 0 Å². The minimum absolute atomic E-state index is 0.000224. The number of hydrogen-bond acceptors (Lipinski definition) is 3. The lowest BCUT2D eigenvalue weighted by Gasteiger charge is -2.40. The maximum absolute atomic E-state index is 12.4. The van der Waals surface area contributed by atoms with Gasteiger partial charge in [-0.3, -0.25) is 14.6 Å². The number of hydrogen-bond donors (Lipinski definition) is 0. The molecule has 2 heterocycles. The van der Waals surface area contributed by atoms with Gasteiger partial charge in [-0.05, 0) is 19.1 Å². The second kappa shape index (κ2) is 6.03. The van der Waals surface area contributed by atoms with Crippen molar-refractivity contribution in [2.24, 2.45) is 5.92 Å². The first-order chi connectivity index (χ1) is 9.50. The lowest BCUT2D eigenvalue weighted by Crippen LogP contribution is -2.56. The molecule has 1 unspecified atom stereocenters. The van der Waals surface area contributed by atoms with E-state index in [2.05, 4.69) is 4.98 Å². The zero-order valence-electron chi connectivity index (χ0n) is 12.2. The molecule has 0 bridgehead atoms. The van der Waals surface area contributed by atoms with Gasteiger partial charge < -0.3 is 9.80 Å². The van der Waals surface area contributed by atoms with Gasteiger partial charge in [0.1, 0.15) is 5.69 Å². The third kappa shape index (κ3) is 2.98. The molecule has 2 rings (SSSR count). The molecule has 1 fully saturated rings. The van der Waals surface area contributed by atoms with Gasteiger partial charge in [-0.1, -0.05) is 19.9 Å². The molecule has 1 aromatic rings. The van der Waals surface area contributed by atoms with Crippen LogP contribution in [0.3, 0.4) is 0 Å². The number of piperazine rings is 1. The van der Waals surface area contributed by atoms with Gasteiger partial charge in [-0.25, -0.2) is 0 Å². The van der Waals surface area contributed by atoms with Crippen LogP contribution in [0, 0.1) is 5.92 Å². The second-order valence-corrected chi connectivity index (χ2v) is 5.50. The molecule has 0 aromatic carbocycles. The normalized spacial score (nSPS) is 19.3. The predicted molar refractivity (Wildman–Crippen MR) is 76.2 cm³/mol. The summed E-state index contributed by atoms with van der Waals surface area (Å²) in [5.74, 6) is 0.0942. The summed E-state index contributed by atoms with van der Waals surface area (Å²) in [6.45, 7) is 7.53. The number of aromatic nitrogens is 1. The SMILES string of the molecule is CC(C)C(=O)N1CCN(C(=O)c2ccccn2)C(C)C1. The van der Waals surface area contributed by atoms with Crippen LogP contribution >= 0.6 is 0 Å². The summed E-state index contributed by atoms with van der Waals surface area (Å²) >= 11 is 0. The Hall–Kier alpha value is -1.91. The van der Waals surface area contributed by atoms with Gasteiger partial charge >= 0.3 is 0 Å². The zero-order chi connectivity index (χ0) is 14.7. The van der Waals surface area contributed by atoms with Gasteiger partial charge in [0.05, 0.1) is 0 Å². The van der Waals surface area contributed by atoms with E-state index in [9.17, 15) is 9.59 Å². The van der Waals surface area contributed by atoms with Gasteiger partial charge in [0.25, 0.3) is 5.91 Å². The van der Waals surface area contributed by atoms with Crippen molar-refractivity contribution in [3.8, 4) is 0 Å². The van der Waals surface area contributed by atoms with Crippen LogP contribution in [-0.4, -0.2) is 52.3 Å². The molecule has 0 aliphatic carbocycles. The van der Waals surface area contributed by atoms with E-state index in [4.69, 9.17) is 0 Å². The Bertz CT molecular complexity index is 487. The molecule has 20 heavy (non-hydrogen) atoms. The first kappa shape index (κ1) is 14.5. The molecule has 2 amide bonds. The average molecular weight is 275 g/mol. The van der Waals surface area contributed by atoms with E-state index in [0.29, 0.717) is 25.3 Å². The number of nitrogens with zero attached hydrogens (tertiary/aromatic N) is 3. The maximum Gasteiger partial charge on any atom is 0.272 e. The Morgan fingerprint density at radius 2 is 2.05 bits per heavy atom. The molecule has 5 nitrogen and oxygen atoms in total. The van der Waals surface area contributed by atoms with E-state index < -0.39 is 0 Å². The van der Waals surface area contributed by atoms with Crippen LogP contribution in [0.2, 0.25) is 0 Å². The second-order valence-electron chi connectivity index (χ2n) is 5.50. The summed E-state index contributed by atoms with van der Waals surface area (Å²) in [5, 5.41) is 0. The molecular weight excluding hydrogens is 254 g/mol. The molecule has 108 valence electrons. The van der Waals surface area contributed by atoms with Crippen molar-refractivity contribution in [2.45, 2.75) is 26.8 Å². The molecule has 1 aromatic heterocycles. The van der Waals surface area contributed by atoms with Crippen molar-refractivity contribution in [3.63, 3.8) is 0 Å². The van der Waals surface area contributed by atoms with Crippen molar-refractivity contribution in [1.29, 1.82) is 0 Å². The zero-order valence-corrected chi connectivity index (χ0v) is 12.2. The summed E-state index contributed by atoms with van der Waals surface area (Å²) in [7, 11) is 0. The van der Waals surface area contributed by atoms with E-state index in [0.717, 1.165) is 0 Å². The highest BCUT2D eigenvalue weighted by molar-refractivity contribution is 5.92. The molecule has 0 spiro atoms. The first-order valence-corrected chi connectivity index (χ1v) is 7.01. The van der Waals surface area contributed by atoms with Gasteiger partial charge in [0, 0.05) is 37.8 Å². The Labute approximate surface area is 119 Å². The molecule has 0 N–H and O–H groups in total. The highest BCUT2D eigenvalue weighted by atomic mass is 16.2. The number of rotatable bonds is 2. The predicted octanol–water partition coefficient (Wildman–Crippen LogP) is 1.41. The lowest BCUT2D eigenvalue weighted by molar-refractivity contribution is -0.136. The highest BCUT2D eigenvalue weighted by Gasteiger charge is 2.31. The third-order valence-electron chi connectivity index (χ3n) is 3.58. The van der Waals surface area contributed by atoms with E-state index in [1.165, 1.54) is 0 Å². The molecule has 1 aliphatic heterocycles. The fourth-order valence-electron chi connectivity index (χ4n) is 2.46. The molecule has 5 heteroatoms.